The predicted molar refractivity (Wildman–Crippen MR) is 119 cm³/mol. The van der Waals surface area contributed by atoms with Gasteiger partial charge in [-0.05, 0) is 55.2 Å². The normalized spacial score (nSPS) is 20.1. The summed E-state index contributed by atoms with van der Waals surface area (Å²) < 4.78 is 0. The van der Waals surface area contributed by atoms with Crippen LogP contribution in [0.4, 0.5) is 0 Å². The number of hydrogen-bond acceptors (Lipinski definition) is 2. The fraction of sp³-hybridized carbons (Fsp3) is 0.429. The Kier molecular flexibility index (Phi) is 8.88. The highest BCUT2D eigenvalue weighted by molar-refractivity contribution is 14.0. The van der Waals surface area contributed by atoms with Gasteiger partial charge in [0.2, 0.25) is 0 Å². The van der Waals surface area contributed by atoms with Gasteiger partial charge in [0.15, 0.2) is 5.96 Å². The second-order valence-electron chi connectivity index (χ2n) is 6.76. The first kappa shape index (κ1) is 20.7. The molecule has 2 N–H and O–H groups in total. The van der Waals surface area contributed by atoms with Gasteiger partial charge in [-0.15, -0.1) is 24.0 Å². The van der Waals surface area contributed by atoms with Crippen LogP contribution in [0.3, 0.4) is 0 Å². The van der Waals surface area contributed by atoms with E-state index in [1.54, 1.807) is 0 Å². The highest BCUT2D eigenvalue weighted by Gasteiger charge is 2.22. The van der Waals surface area contributed by atoms with Crippen LogP contribution in [0.1, 0.15) is 42.9 Å². The minimum atomic E-state index is 0. The standard InChI is InChI=1S/C21H28N4.HI/c1-22-21(25-16-20-9-5-6-14-23-20)24-15-17-10-12-19(13-11-17)18-7-3-2-4-8-18;/h2-9,14,17,19H,10-13,15-16H2,1H3,(H2,22,24,25);1H. The first-order valence-electron chi connectivity index (χ1n) is 9.24. The van der Waals surface area contributed by atoms with E-state index in [-0.39, 0.29) is 24.0 Å². The van der Waals surface area contributed by atoms with Gasteiger partial charge in [0.05, 0.1) is 12.2 Å². The molecule has 0 radical (unpaired) electrons. The molecule has 0 atom stereocenters. The molecule has 1 aliphatic rings. The van der Waals surface area contributed by atoms with Gasteiger partial charge in [-0.1, -0.05) is 36.4 Å². The molecule has 1 heterocycles. The van der Waals surface area contributed by atoms with Crippen LogP contribution >= 0.6 is 24.0 Å². The molecular weight excluding hydrogens is 435 g/mol. The van der Waals surface area contributed by atoms with Gasteiger partial charge in [0.1, 0.15) is 0 Å². The maximum Gasteiger partial charge on any atom is 0.191 e. The average Bonchev–Trinajstić information content (AvgIpc) is 2.70. The molecule has 4 nitrogen and oxygen atoms in total. The molecule has 26 heavy (non-hydrogen) atoms. The van der Waals surface area contributed by atoms with Crippen molar-refractivity contribution < 1.29 is 0 Å². The largest absolute Gasteiger partial charge is 0.356 e. The monoisotopic (exact) mass is 464 g/mol. The summed E-state index contributed by atoms with van der Waals surface area (Å²) in [5.74, 6) is 2.32. The minimum Gasteiger partial charge on any atom is -0.356 e. The summed E-state index contributed by atoms with van der Waals surface area (Å²) in [6.45, 7) is 1.69. The van der Waals surface area contributed by atoms with Gasteiger partial charge < -0.3 is 10.6 Å². The van der Waals surface area contributed by atoms with Crippen LogP contribution in [0.25, 0.3) is 0 Å². The summed E-state index contributed by atoms with van der Waals surface area (Å²) in [5.41, 5.74) is 2.52. The first-order valence-corrected chi connectivity index (χ1v) is 9.24. The van der Waals surface area contributed by atoms with E-state index in [1.807, 2.05) is 31.4 Å². The van der Waals surface area contributed by atoms with Gasteiger partial charge in [0.25, 0.3) is 0 Å². The number of nitrogens with zero attached hydrogens (tertiary/aromatic N) is 2. The Bertz CT molecular complexity index is 652. The van der Waals surface area contributed by atoms with Crippen LogP contribution < -0.4 is 10.6 Å². The van der Waals surface area contributed by atoms with Crippen molar-refractivity contribution in [2.75, 3.05) is 13.6 Å². The Hall–Kier alpha value is -1.63. The maximum absolute atomic E-state index is 4.33. The molecule has 1 aromatic carbocycles. The molecule has 1 aliphatic carbocycles. The third kappa shape index (κ3) is 6.27. The molecule has 0 saturated heterocycles. The van der Waals surface area contributed by atoms with E-state index >= 15 is 0 Å². The van der Waals surface area contributed by atoms with Crippen molar-refractivity contribution in [2.45, 2.75) is 38.1 Å². The summed E-state index contributed by atoms with van der Waals surface area (Å²) in [6.07, 6.45) is 6.96. The first-order chi connectivity index (χ1) is 12.3. The van der Waals surface area contributed by atoms with Crippen molar-refractivity contribution in [1.29, 1.82) is 0 Å². The van der Waals surface area contributed by atoms with Crippen LogP contribution in [-0.2, 0) is 6.54 Å². The Labute approximate surface area is 173 Å². The van der Waals surface area contributed by atoms with Gasteiger partial charge in [-0.3, -0.25) is 9.98 Å². The highest BCUT2D eigenvalue weighted by atomic mass is 127. The SMILES string of the molecule is CN=C(NCc1ccccn1)NCC1CCC(c2ccccc2)CC1.I. The van der Waals surface area contributed by atoms with E-state index in [0.717, 1.165) is 30.0 Å². The zero-order valence-corrected chi connectivity index (χ0v) is 17.7. The molecule has 0 spiro atoms. The Morgan fingerprint density at radius 2 is 1.73 bits per heavy atom. The molecule has 2 aromatic rings. The van der Waals surface area contributed by atoms with Crippen LogP contribution in [0.15, 0.2) is 59.7 Å². The van der Waals surface area contributed by atoms with Crippen LogP contribution in [0.5, 0.6) is 0 Å². The summed E-state index contributed by atoms with van der Waals surface area (Å²) in [5, 5.41) is 6.81. The highest BCUT2D eigenvalue weighted by Crippen LogP contribution is 2.35. The number of benzene rings is 1. The molecule has 5 heteroatoms. The fourth-order valence-electron chi connectivity index (χ4n) is 3.56. The quantitative estimate of drug-likeness (QED) is 0.393. The van der Waals surface area contributed by atoms with Crippen LogP contribution in [0.2, 0.25) is 0 Å². The molecular formula is C21H29IN4. The number of hydrogen-bond donors (Lipinski definition) is 2. The molecule has 0 bridgehead atoms. The minimum absolute atomic E-state index is 0. The number of guanidine groups is 1. The third-order valence-corrected chi connectivity index (χ3v) is 5.06. The Morgan fingerprint density at radius 1 is 1.00 bits per heavy atom. The van der Waals surface area contributed by atoms with Crippen molar-refractivity contribution in [3.63, 3.8) is 0 Å². The number of aliphatic imine (C=N–C) groups is 1. The molecule has 0 amide bonds. The van der Waals surface area contributed by atoms with Crippen molar-refractivity contribution in [3.05, 3.63) is 66.0 Å². The maximum atomic E-state index is 4.33. The summed E-state index contributed by atoms with van der Waals surface area (Å²) >= 11 is 0. The van der Waals surface area contributed by atoms with Gasteiger partial charge in [-0.25, -0.2) is 0 Å². The Morgan fingerprint density at radius 3 is 2.38 bits per heavy atom. The fourth-order valence-corrected chi connectivity index (χ4v) is 3.56. The lowest BCUT2D eigenvalue weighted by molar-refractivity contribution is 0.324. The average molecular weight is 464 g/mol. The van der Waals surface area contributed by atoms with E-state index in [1.165, 1.54) is 31.2 Å². The van der Waals surface area contributed by atoms with Gasteiger partial charge in [-0.2, -0.15) is 0 Å². The third-order valence-electron chi connectivity index (χ3n) is 5.06. The lowest BCUT2D eigenvalue weighted by Crippen LogP contribution is -2.40. The predicted octanol–water partition coefficient (Wildman–Crippen LogP) is 4.34. The zero-order valence-electron chi connectivity index (χ0n) is 15.4. The smallest absolute Gasteiger partial charge is 0.191 e. The van der Waals surface area contributed by atoms with Gasteiger partial charge >= 0.3 is 0 Å². The number of aromatic nitrogens is 1. The Balaban J connectivity index is 0.00000243. The molecule has 1 fully saturated rings. The topological polar surface area (TPSA) is 49.3 Å². The van der Waals surface area contributed by atoms with Crippen LogP contribution in [0, 0.1) is 5.92 Å². The molecule has 140 valence electrons. The zero-order chi connectivity index (χ0) is 17.3. The second-order valence-corrected chi connectivity index (χ2v) is 6.76. The second kappa shape index (κ2) is 11.2. The molecule has 0 unspecified atom stereocenters. The summed E-state index contributed by atoms with van der Waals surface area (Å²) in [6, 6.07) is 16.9. The number of nitrogens with one attached hydrogen (secondary N) is 2. The van der Waals surface area contributed by atoms with Crippen molar-refractivity contribution in [3.8, 4) is 0 Å². The van der Waals surface area contributed by atoms with Crippen molar-refractivity contribution >= 4 is 29.9 Å². The van der Waals surface area contributed by atoms with Gasteiger partial charge in [0, 0.05) is 19.8 Å². The molecule has 0 aliphatic heterocycles. The van der Waals surface area contributed by atoms with E-state index in [0.29, 0.717) is 6.54 Å². The molecule has 1 saturated carbocycles. The summed E-state index contributed by atoms with van der Waals surface area (Å²) in [4.78, 5) is 8.64. The lowest BCUT2D eigenvalue weighted by atomic mass is 9.79. The molecule has 1 aromatic heterocycles. The van der Waals surface area contributed by atoms with Crippen molar-refractivity contribution in [1.82, 2.24) is 15.6 Å². The lowest BCUT2D eigenvalue weighted by Gasteiger charge is -2.29. The van der Waals surface area contributed by atoms with E-state index in [2.05, 4.69) is 50.9 Å². The van der Waals surface area contributed by atoms with E-state index < -0.39 is 0 Å². The number of rotatable bonds is 5. The van der Waals surface area contributed by atoms with Crippen molar-refractivity contribution in [2.24, 2.45) is 10.9 Å². The van der Waals surface area contributed by atoms with E-state index in [4.69, 9.17) is 0 Å². The van der Waals surface area contributed by atoms with Crippen LogP contribution in [-0.4, -0.2) is 24.5 Å². The molecule has 3 rings (SSSR count). The summed E-state index contributed by atoms with van der Waals surface area (Å²) in [7, 11) is 1.82. The van der Waals surface area contributed by atoms with E-state index in [9.17, 15) is 0 Å². The number of pyridine rings is 1. The number of halogens is 1.